The summed E-state index contributed by atoms with van der Waals surface area (Å²) in [5.74, 6) is -1.12. The third-order valence-electron chi connectivity index (χ3n) is 2.47. The number of carboxylic acid groups (broad SMARTS) is 1. The molecule has 0 amide bonds. The van der Waals surface area contributed by atoms with Crippen molar-refractivity contribution in [3.63, 3.8) is 0 Å². The minimum atomic E-state index is -0.809. The molecule has 0 rings (SSSR count). The fourth-order valence-corrected chi connectivity index (χ4v) is 1.05. The molecule has 0 aromatic carbocycles. The number of likely N-dealkylation sites (N-methyl/N-ethyl adjacent to an activating group) is 1. The van der Waals surface area contributed by atoms with Crippen molar-refractivity contribution in [2.75, 3.05) is 27.2 Å². The molecule has 0 fully saturated rings. The van der Waals surface area contributed by atoms with Crippen molar-refractivity contribution in [3.8, 4) is 0 Å². The highest BCUT2D eigenvalue weighted by Gasteiger charge is 2.01. The molecule has 5 nitrogen and oxygen atoms in total. The molecule has 0 aliphatic heterocycles. The number of carbonyl (C=O) groups excluding carboxylic acids is 1. The van der Waals surface area contributed by atoms with Gasteiger partial charge < -0.3 is 14.7 Å². The summed E-state index contributed by atoms with van der Waals surface area (Å²) >= 11 is 0. The number of esters is 1. The van der Waals surface area contributed by atoms with Gasteiger partial charge in [-0.3, -0.25) is 0 Å². The summed E-state index contributed by atoms with van der Waals surface area (Å²) in [6, 6.07) is 0. The first kappa shape index (κ1) is 21.7. The predicted molar refractivity (Wildman–Crippen MR) is 85.2 cm³/mol. The molecule has 5 heteroatoms. The SMILES string of the molecule is C=C(C)C(=O)OCCN(C)C.CCCC/C=C(\C)C(=O)O. The van der Waals surface area contributed by atoms with E-state index in [0.717, 1.165) is 25.8 Å². The summed E-state index contributed by atoms with van der Waals surface area (Å²) in [5, 5.41) is 8.41. The molecule has 122 valence electrons. The number of ether oxygens (including phenoxy) is 1. The van der Waals surface area contributed by atoms with Gasteiger partial charge in [0.2, 0.25) is 0 Å². The van der Waals surface area contributed by atoms with Crippen molar-refractivity contribution in [3.05, 3.63) is 23.8 Å². The minimum Gasteiger partial charge on any atom is -0.478 e. The zero-order valence-electron chi connectivity index (χ0n) is 13.9. The molecule has 0 saturated heterocycles. The average molecular weight is 299 g/mol. The number of allylic oxidation sites excluding steroid dienone is 1. The molecule has 0 saturated carbocycles. The molecule has 0 aliphatic carbocycles. The molecule has 0 bridgehead atoms. The second-order valence-electron chi connectivity index (χ2n) is 5.05. The maximum Gasteiger partial charge on any atom is 0.333 e. The summed E-state index contributed by atoms with van der Waals surface area (Å²) in [6.07, 6.45) is 4.84. The van der Waals surface area contributed by atoms with E-state index >= 15 is 0 Å². The van der Waals surface area contributed by atoms with Crippen LogP contribution >= 0.6 is 0 Å². The van der Waals surface area contributed by atoms with E-state index in [1.165, 1.54) is 0 Å². The first-order valence-electron chi connectivity index (χ1n) is 7.09. The highest BCUT2D eigenvalue weighted by Crippen LogP contribution is 2.00. The van der Waals surface area contributed by atoms with Crippen LogP contribution in [0.4, 0.5) is 0 Å². The Morgan fingerprint density at radius 2 is 1.86 bits per heavy atom. The van der Waals surface area contributed by atoms with E-state index in [1.54, 1.807) is 19.9 Å². The Bertz CT molecular complexity index is 359. The van der Waals surface area contributed by atoms with E-state index in [0.29, 0.717) is 17.8 Å². The third kappa shape index (κ3) is 16.3. The highest BCUT2D eigenvalue weighted by molar-refractivity contribution is 5.87. The van der Waals surface area contributed by atoms with Gasteiger partial charge in [0, 0.05) is 17.7 Å². The molecule has 0 heterocycles. The topological polar surface area (TPSA) is 66.8 Å². The molecule has 0 aromatic rings. The second-order valence-corrected chi connectivity index (χ2v) is 5.05. The number of rotatable bonds is 8. The van der Waals surface area contributed by atoms with Gasteiger partial charge in [-0.2, -0.15) is 0 Å². The zero-order valence-corrected chi connectivity index (χ0v) is 13.9. The lowest BCUT2D eigenvalue weighted by Crippen LogP contribution is -2.20. The Labute approximate surface area is 128 Å². The molecule has 1 N–H and O–H groups in total. The van der Waals surface area contributed by atoms with Crippen molar-refractivity contribution >= 4 is 11.9 Å². The number of hydrogen-bond acceptors (Lipinski definition) is 4. The van der Waals surface area contributed by atoms with Gasteiger partial charge in [-0.15, -0.1) is 0 Å². The molecule has 21 heavy (non-hydrogen) atoms. The maximum absolute atomic E-state index is 10.8. The van der Waals surface area contributed by atoms with Crippen LogP contribution in [0, 0.1) is 0 Å². The number of carbonyl (C=O) groups is 2. The molecule has 0 radical (unpaired) electrons. The molecule has 0 aromatic heterocycles. The first-order chi connectivity index (χ1) is 9.72. The molecule has 0 atom stereocenters. The van der Waals surface area contributed by atoms with E-state index in [4.69, 9.17) is 9.84 Å². The van der Waals surface area contributed by atoms with Crippen molar-refractivity contribution in [1.82, 2.24) is 4.90 Å². The standard InChI is InChI=1S/C8H15NO2.C8H14O2/c1-7(2)8(10)11-6-5-9(3)4;1-3-4-5-6-7(2)8(9)10/h1,5-6H2,2-4H3;6H,3-5H2,1-2H3,(H,9,10)/b;7-6+. The van der Waals surface area contributed by atoms with E-state index in [9.17, 15) is 9.59 Å². The Kier molecular flexibility index (Phi) is 13.8. The fraction of sp³-hybridized carbons (Fsp3) is 0.625. The van der Waals surface area contributed by atoms with Crippen molar-refractivity contribution in [2.45, 2.75) is 40.0 Å². The first-order valence-corrected chi connectivity index (χ1v) is 7.09. The highest BCUT2D eigenvalue weighted by atomic mass is 16.5. The van der Waals surface area contributed by atoms with Crippen molar-refractivity contribution < 1.29 is 19.4 Å². The number of aliphatic carboxylic acids is 1. The largest absolute Gasteiger partial charge is 0.478 e. The zero-order chi connectivity index (χ0) is 16.8. The summed E-state index contributed by atoms with van der Waals surface area (Å²) < 4.78 is 4.83. The number of nitrogens with zero attached hydrogens (tertiary/aromatic N) is 1. The Balaban J connectivity index is 0. The van der Waals surface area contributed by atoms with Gasteiger partial charge in [0.05, 0.1) is 0 Å². The molecular formula is C16H29NO4. The number of unbranched alkanes of at least 4 members (excludes halogenated alkanes) is 2. The van der Waals surface area contributed by atoms with Gasteiger partial charge in [0.25, 0.3) is 0 Å². The van der Waals surface area contributed by atoms with E-state index in [2.05, 4.69) is 13.5 Å². The van der Waals surface area contributed by atoms with Gasteiger partial charge in [0.1, 0.15) is 6.61 Å². The van der Waals surface area contributed by atoms with E-state index in [1.807, 2.05) is 19.0 Å². The van der Waals surface area contributed by atoms with Crippen LogP contribution in [0.5, 0.6) is 0 Å². The summed E-state index contributed by atoms with van der Waals surface area (Å²) in [5.41, 5.74) is 0.900. The summed E-state index contributed by atoms with van der Waals surface area (Å²) in [4.78, 5) is 23.0. The third-order valence-corrected chi connectivity index (χ3v) is 2.47. The van der Waals surface area contributed by atoms with Crippen LogP contribution in [0.3, 0.4) is 0 Å². The fourth-order valence-electron chi connectivity index (χ4n) is 1.05. The normalized spacial score (nSPS) is 10.7. The van der Waals surface area contributed by atoms with Gasteiger partial charge in [-0.1, -0.05) is 32.4 Å². The minimum absolute atomic E-state index is 0.313. The Morgan fingerprint density at radius 1 is 1.29 bits per heavy atom. The quantitative estimate of drug-likeness (QED) is 0.424. The lowest BCUT2D eigenvalue weighted by molar-refractivity contribution is -0.139. The Hall–Kier alpha value is -1.62. The molecule has 0 spiro atoms. The van der Waals surface area contributed by atoms with E-state index in [-0.39, 0.29) is 5.97 Å². The van der Waals surface area contributed by atoms with Crippen LogP contribution in [0.1, 0.15) is 40.0 Å². The van der Waals surface area contributed by atoms with Gasteiger partial charge in [-0.25, -0.2) is 9.59 Å². The van der Waals surface area contributed by atoms with Gasteiger partial charge >= 0.3 is 11.9 Å². The maximum atomic E-state index is 10.8. The van der Waals surface area contributed by atoms with Crippen LogP contribution in [0.2, 0.25) is 0 Å². The van der Waals surface area contributed by atoms with Crippen LogP contribution < -0.4 is 0 Å². The summed E-state index contributed by atoms with van der Waals surface area (Å²) in [6.45, 7) is 9.99. The van der Waals surface area contributed by atoms with Crippen LogP contribution in [-0.4, -0.2) is 49.2 Å². The second kappa shape index (κ2) is 13.4. The smallest absolute Gasteiger partial charge is 0.333 e. The van der Waals surface area contributed by atoms with Crippen LogP contribution in [0.15, 0.2) is 23.8 Å². The van der Waals surface area contributed by atoms with Crippen LogP contribution in [0.25, 0.3) is 0 Å². The monoisotopic (exact) mass is 299 g/mol. The average Bonchev–Trinajstić information content (AvgIpc) is 2.38. The molecule has 0 aliphatic rings. The molecule has 0 unspecified atom stereocenters. The van der Waals surface area contributed by atoms with Crippen molar-refractivity contribution in [1.29, 1.82) is 0 Å². The number of hydrogen-bond donors (Lipinski definition) is 1. The van der Waals surface area contributed by atoms with Gasteiger partial charge in [0.15, 0.2) is 0 Å². The van der Waals surface area contributed by atoms with Crippen molar-refractivity contribution in [2.24, 2.45) is 0 Å². The summed E-state index contributed by atoms with van der Waals surface area (Å²) in [7, 11) is 3.85. The molecular weight excluding hydrogens is 270 g/mol. The van der Waals surface area contributed by atoms with Gasteiger partial charge in [-0.05, 0) is 34.4 Å². The lowest BCUT2D eigenvalue weighted by Gasteiger charge is -2.09. The number of carboxylic acids is 1. The lowest BCUT2D eigenvalue weighted by atomic mass is 10.2. The predicted octanol–water partition coefficient (Wildman–Crippen LogP) is 2.87. The van der Waals surface area contributed by atoms with Crippen LogP contribution in [-0.2, 0) is 14.3 Å². The van der Waals surface area contributed by atoms with E-state index < -0.39 is 5.97 Å². The Morgan fingerprint density at radius 3 is 2.24 bits per heavy atom.